The van der Waals surface area contributed by atoms with Crippen LogP contribution in [0.3, 0.4) is 0 Å². The molecule has 2 aliphatic rings. The standard InChI is InChI=1S/C19H19F6N5O/c20-18(21,22)11-31-17-29-15(26-10-12-5-2-1-3-6-12)28-16(30-17)27-14-8-4-7-13(9-14)19(23,24)25/h2,4-6,8-9,13H,1,3,7,10-11H2,(H2,26,27,28,29,30). The smallest absolute Gasteiger partial charge is 0.422 e. The van der Waals surface area contributed by atoms with Crippen molar-refractivity contribution in [3.8, 4) is 6.01 Å². The van der Waals surface area contributed by atoms with E-state index in [-0.39, 0.29) is 24.0 Å². The zero-order valence-corrected chi connectivity index (χ0v) is 16.1. The fourth-order valence-electron chi connectivity index (χ4n) is 2.80. The van der Waals surface area contributed by atoms with Crippen molar-refractivity contribution in [2.75, 3.05) is 23.8 Å². The van der Waals surface area contributed by atoms with Gasteiger partial charge in [0.05, 0.1) is 5.92 Å². The fraction of sp³-hybridized carbons (Fsp3) is 0.421. The molecule has 0 amide bonds. The van der Waals surface area contributed by atoms with Gasteiger partial charge < -0.3 is 15.4 Å². The summed E-state index contributed by atoms with van der Waals surface area (Å²) in [7, 11) is 0. The summed E-state index contributed by atoms with van der Waals surface area (Å²) < 4.78 is 81.0. The molecular weight excluding hydrogens is 428 g/mol. The molecule has 0 radical (unpaired) electrons. The average molecular weight is 447 g/mol. The molecule has 0 saturated carbocycles. The highest BCUT2D eigenvalue weighted by Gasteiger charge is 2.38. The van der Waals surface area contributed by atoms with Gasteiger partial charge in [0.2, 0.25) is 11.9 Å². The van der Waals surface area contributed by atoms with Crippen LogP contribution in [0.15, 0.2) is 47.7 Å². The number of hydrogen-bond donors (Lipinski definition) is 2. The van der Waals surface area contributed by atoms with Crippen LogP contribution >= 0.6 is 0 Å². The van der Waals surface area contributed by atoms with Crippen LogP contribution in [0.4, 0.5) is 38.2 Å². The number of halogens is 6. The molecule has 1 heterocycles. The molecule has 2 aliphatic carbocycles. The third-order valence-corrected chi connectivity index (χ3v) is 4.25. The van der Waals surface area contributed by atoms with Crippen LogP contribution in [0, 0.1) is 5.92 Å². The van der Waals surface area contributed by atoms with Crippen LogP contribution < -0.4 is 15.4 Å². The lowest BCUT2D eigenvalue weighted by Gasteiger charge is -2.20. The maximum absolute atomic E-state index is 13.0. The summed E-state index contributed by atoms with van der Waals surface area (Å²) in [5.74, 6) is -2.02. The van der Waals surface area contributed by atoms with Crippen molar-refractivity contribution in [1.82, 2.24) is 15.0 Å². The van der Waals surface area contributed by atoms with E-state index in [1.165, 1.54) is 12.2 Å². The number of ether oxygens (including phenoxy) is 1. The average Bonchev–Trinajstić information content (AvgIpc) is 2.71. The number of nitrogens with zero attached hydrogens (tertiary/aromatic N) is 3. The van der Waals surface area contributed by atoms with E-state index in [0.29, 0.717) is 6.54 Å². The minimum absolute atomic E-state index is 0.0606. The first-order valence-corrected chi connectivity index (χ1v) is 9.36. The predicted octanol–water partition coefficient (Wildman–Crippen LogP) is 4.94. The molecule has 12 heteroatoms. The van der Waals surface area contributed by atoms with Crippen molar-refractivity contribution in [3.63, 3.8) is 0 Å². The van der Waals surface area contributed by atoms with E-state index in [2.05, 4.69) is 30.3 Å². The molecule has 1 aromatic rings. The van der Waals surface area contributed by atoms with Gasteiger partial charge in [-0.05, 0) is 37.0 Å². The number of rotatable bonds is 7. The Morgan fingerprint density at radius 1 is 0.968 bits per heavy atom. The van der Waals surface area contributed by atoms with Gasteiger partial charge in [-0.25, -0.2) is 0 Å². The van der Waals surface area contributed by atoms with E-state index in [4.69, 9.17) is 0 Å². The summed E-state index contributed by atoms with van der Waals surface area (Å²) in [6.45, 7) is -1.32. The van der Waals surface area contributed by atoms with Gasteiger partial charge in [-0.2, -0.15) is 41.3 Å². The fourth-order valence-corrected chi connectivity index (χ4v) is 2.80. The van der Waals surface area contributed by atoms with Gasteiger partial charge in [0.25, 0.3) is 0 Å². The third-order valence-electron chi connectivity index (χ3n) is 4.25. The van der Waals surface area contributed by atoms with E-state index >= 15 is 0 Å². The van der Waals surface area contributed by atoms with Gasteiger partial charge in [0.1, 0.15) is 0 Å². The van der Waals surface area contributed by atoms with Crippen LogP contribution in [0.2, 0.25) is 0 Å². The molecule has 31 heavy (non-hydrogen) atoms. The lowest BCUT2D eigenvalue weighted by atomic mass is 9.99. The Bertz CT molecular complexity index is 904. The number of alkyl halides is 6. The van der Waals surface area contributed by atoms with E-state index in [0.717, 1.165) is 24.5 Å². The highest BCUT2D eigenvalue weighted by atomic mass is 19.4. The van der Waals surface area contributed by atoms with Gasteiger partial charge in [-0.1, -0.05) is 24.3 Å². The summed E-state index contributed by atoms with van der Waals surface area (Å²) in [5, 5.41) is 5.44. The predicted molar refractivity (Wildman–Crippen MR) is 101 cm³/mol. The summed E-state index contributed by atoms with van der Waals surface area (Å²) in [6.07, 6.45) is 2.11. The van der Waals surface area contributed by atoms with E-state index in [1.807, 2.05) is 18.2 Å². The largest absolute Gasteiger partial charge is 0.454 e. The highest BCUT2D eigenvalue weighted by Crippen LogP contribution is 2.33. The quantitative estimate of drug-likeness (QED) is 0.578. The molecule has 1 atom stereocenters. The van der Waals surface area contributed by atoms with Crippen molar-refractivity contribution in [3.05, 3.63) is 47.7 Å². The van der Waals surface area contributed by atoms with Gasteiger partial charge in [-0.3, -0.25) is 0 Å². The van der Waals surface area contributed by atoms with Crippen LogP contribution in [-0.4, -0.2) is 40.5 Å². The summed E-state index contributed by atoms with van der Waals surface area (Å²) in [5.41, 5.74) is 0.996. The molecule has 3 rings (SSSR count). The molecule has 0 aromatic carbocycles. The van der Waals surface area contributed by atoms with E-state index in [1.54, 1.807) is 0 Å². The minimum atomic E-state index is -4.61. The molecule has 0 saturated heterocycles. The number of nitrogens with one attached hydrogen (secondary N) is 2. The molecule has 1 aromatic heterocycles. The zero-order chi connectivity index (χ0) is 22.5. The van der Waals surface area contributed by atoms with Crippen LogP contribution in [0.1, 0.15) is 19.3 Å². The number of aromatic nitrogens is 3. The first-order valence-electron chi connectivity index (χ1n) is 9.36. The summed E-state index contributed by atoms with van der Waals surface area (Å²) in [6, 6.07) is -0.613. The zero-order valence-electron chi connectivity index (χ0n) is 16.1. The van der Waals surface area contributed by atoms with Crippen molar-refractivity contribution >= 4 is 11.9 Å². The maximum atomic E-state index is 13.0. The summed E-state index contributed by atoms with van der Waals surface area (Å²) >= 11 is 0. The Kier molecular flexibility index (Phi) is 6.86. The van der Waals surface area contributed by atoms with Crippen LogP contribution in [0.5, 0.6) is 6.01 Å². The SMILES string of the molecule is FC(F)(F)COc1nc(NCC2=CCCC=C2)nc(NC2=CC(C(F)(F)F)CC=C2)n1. The minimum Gasteiger partial charge on any atom is -0.454 e. The molecule has 6 nitrogen and oxygen atoms in total. The van der Waals surface area contributed by atoms with Crippen molar-refractivity contribution in [2.45, 2.75) is 31.6 Å². The first kappa shape index (κ1) is 22.6. The Labute approximate surface area is 173 Å². The van der Waals surface area contributed by atoms with Gasteiger partial charge in [-0.15, -0.1) is 0 Å². The lowest BCUT2D eigenvalue weighted by molar-refractivity contribution is -0.160. The second-order valence-corrected chi connectivity index (χ2v) is 6.81. The number of anilines is 2. The Morgan fingerprint density at radius 2 is 1.74 bits per heavy atom. The molecule has 0 spiro atoms. The normalized spacial score (nSPS) is 19.0. The lowest BCUT2D eigenvalue weighted by Crippen LogP contribution is -2.23. The monoisotopic (exact) mass is 447 g/mol. The second kappa shape index (κ2) is 9.40. The van der Waals surface area contributed by atoms with Crippen LogP contribution in [-0.2, 0) is 0 Å². The van der Waals surface area contributed by atoms with Crippen molar-refractivity contribution in [2.24, 2.45) is 5.92 Å². The Hall–Kier alpha value is -3.05. The Balaban J connectivity index is 1.78. The molecule has 1 unspecified atom stereocenters. The number of hydrogen-bond acceptors (Lipinski definition) is 6. The molecule has 0 bridgehead atoms. The summed E-state index contributed by atoms with van der Waals surface area (Å²) in [4.78, 5) is 11.6. The van der Waals surface area contributed by atoms with Crippen molar-refractivity contribution < 1.29 is 31.1 Å². The number of allylic oxidation sites excluding steroid dienone is 5. The molecule has 2 N–H and O–H groups in total. The highest BCUT2D eigenvalue weighted by molar-refractivity contribution is 5.45. The van der Waals surface area contributed by atoms with E-state index in [9.17, 15) is 26.3 Å². The molecule has 0 aliphatic heterocycles. The molecule has 168 valence electrons. The van der Waals surface area contributed by atoms with E-state index < -0.39 is 30.9 Å². The van der Waals surface area contributed by atoms with Crippen molar-refractivity contribution in [1.29, 1.82) is 0 Å². The van der Waals surface area contributed by atoms with Gasteiger partial charge >= 0.3 is 18.4 Å². The molecular formula is C19H19F6N5O. The Morgan fingerprint density at radius 3 is 2.42 bits per heavy atom. The van der Waals surface area contributed by atoms with Crippen LogP contribution in [0.25, 0.3) is 0 Å². The third kappa shape index (κ3) is 7.30. The second-order valence-electron chi connectivity index (χ2n) is 6.81. The van der Waals surface area contributed by atoms with Gasteiger partial charge in [0.15, 0.2) is 6.61 Å². The van der Waals surface area contributed by atoms with Gasteiger partial charge in [0, 0.05) is 12.2 Å². The topological polar surface area (TPSA) is 72.0 Å². The first-order chi connectivity index (χ1) is 14.6. The molecule has 0 fully saturated rings. The maximum Gasteiger partial charge on any atom is 0.422 e.